The number of rotatable bonds is 4. The summed E-state index contributed by atoms with van der Waals surface area (Å²) in [7, 11) is 0. The fourth-order valence-corrected chi connectivity index (χ4v) is 1.99. The van der Waals surface area contributed by atoms with Gasteiger partial charge >= 0.3 is 5.97 Å². The van der Waals surface area contributed by atoms with Gasteiger partial charge < -0.3 is 10.4 Å². The van der Waals surface area contributed by atoms with Gasteiger partial charge in [0.1, 0.15) is 11.4 Å². The van der Waals surface area contributed by atoms with Gasteiger partial charge in [-0.1, -0.05) is 19.1 Å². The average Bonchev–Trinajstić information content (AvgIpc) is 2.41. The van der Waals surface area contributed by atoms with Crippen molar-refractivity contribution < 1.29 is 9.90 Å². The summed E-state index contributed by atoms with van der Waals surface area (Å²) in [6.07, 6.45) is 2.53. The van der Waals surface area contributed by atoms with Crippen LogP contribution in [0.25, 0.3) is 0 Å². The topological polar surface area (TPSA) is 62.2 Å². The Morgan fingerprint density at radius 1 is 1.37 bits per heavy atom. The SMILES string of the molecule is CCc1ccc(Nc2ncc(Br)cc2C(=O)O)cc1. The van der Waals surface area contributed by atoms with Gasteiger partial charge in [-0.15, -0.1) is 0 Å². The Balaban J connectivity index is 2.29. The molecule has 1 heterocycles. The molecule has 0 spiro atoms. The molecule has 98 valence electrons. The van der Waals surface area contributed by atoms with Crippen molar-refractivity contribution >= 4 is 33.4 Å². The number of halogens is 1. The first kappa shape index (κ1) is 13.5. The van der Waals surface area contributed by atoms with Crippen molar-refractivity contribution in [2.45, 2.75) is 13.3 Å². The van der Waals surface area contributed by atoms with Gasteiger partial charge in [0.15, 0.2) is 0 Å². The third kappa shape index (κ3) is 3.32. The van der Waals surface area contributed by atoms with E-state index in [0.717, 1.165) is 12.1 Å². The summed E-state index contributed by atoms with van der Waals surface area (Å²) in [4.78, 5) is 15.3. The van der Waals surface area contributed by atoms with Crippen LogP contribution in [0, 0.1) is 0 Å². The van der Waals surface area contributed by atoms with Crippen molar-refractivity contribution in [1.82, 2.24) is 4.98 Å². The highest BCUT2D eigenvalue weighted by atomic mass is 79.9. The summed E-state index contributed by atoms with van der Waals surface area (Å²) in [5, 5.41) is 12.2. The number of pyridine rings is 1. The zero-order valence-electron chi connectivity index (χ0n) is 10.4. The predicted octanol–water partition coefficient (Wildman–Crippen LogP) is 3.85. The number of aryl methyl sites for hydroxylation is 1. The minimum Gasteiger partial charge on any atom is -0.478 e. The molecule has 0 saturated carbocycles. The largest absolute Gasteiger partial charge is 0.478 e. The highest BCUT2D eigenvalue weighted by Gasteiger charge is 2.12. The molecule has 0 bridgehead atoms. The molecular formula is C14H13BrN2O2. The number of aromatic carboxylic acids is 1. The van der Waals surface area contributed by atoms with E-state index in [-0.39, 0.29) is 5.56 Å². The third-order valence-electron chi connectivity index (χ3n) is 2.71. The first-order valence-electron chi connectivity index (χ1n) is 5.85. The Labute approximate surface area is 119 Å². The molecule has 2 N–H and O–H groups in total. The fraction of sp³-hybridized carbons (Fsp3) is 0.143. The summed E-state index contributed by atoms with van der Waals surface area (Å²) >= 11 is 3.22. The second-order valence-corrected chi connectivity index (χ2v) is 4.95. The van der Waals surface area contributed by atoms with Crippen LogP contribution >= 0.6 is 15.9 Å². The molecule has 0 aliphatic heterocycles. The van der Waals surface area contributed by atoms with E-state index < -0.39 is 5.97 Å². The van der Waals surface area contributed by atoms with E-state index in [0.29, 0.717) is 10.3 Å². The number of carboxylic acid groups (broad SMARTS) is 1. The molecule has 2 aromatic rings. The molecule has 2 rings (SSSR count). The van der Waals surface area contributed by atoms with Crippen LogP contribution in [-0.2, 0) is 6.42 Å². The van der Waals surface area contributed by atoms with Crippen LogP contribution in [0.3, 0.4) is 0 Å². The average molecular weight is 321 g/mol. The van der Waals surface area contributed by atoms with Crippen molar-refractivity contribution in [2.24, 2.45) is 0 Å². The number of carbonyl (C=O) groups is 1. The van der Waals surface area contributed by atoms with Crippen molar-refractivity contribution in [3.05, 3.63) is 52.1 Å². The molecule has 19 heavy (non-hydrogen) atoms. The standard InChI is InChI=1S/C14H13BrN2O2/c1-2-9-3-5-11(6-4-9)17-13-12(14(18)19)7-10(15)8-16-13/h3-8H,2H2,1H3,(H,16,17)(H,18,19). The number of nitrogens with zero attached hydrogens (tertiary/aromatic N) is 1. The molecule has 0 fully saturated rings. The maximum atomic E-state index is 11.2. The van der Waals surface area contributed by atoms with Gasteiger partial charge in [0.25, 0.3) is 0 Å². The highest BCUT2D eigenvalue weighted by Crippen LogP contribution is 2.22. The number of aromatic nitrogens is 1. The van der Waals surface area contributed by atoms with Gasteiger partial charge in [-0.3, -0.25) is 0 Å². The Kier molecular flexibility index (Phi) is 4.16. The lowest BCUT2D eigenvalue weighted by Gasteiger charge is -2.09. The lowest BCUT2D eigenvalue weighted by atomic mass is 10.1. The molecule has 0 radical (unpaired) electrons. The zero-order chi connectivity index (χ0) is 13.8. The monoisotopic (exact) mass is 320 g/mol. The number of hydrogen-bond donors (Lipinski definition) is 2. The van der Waals surface area contributed by atoms with Crippen LogP contribution in [0.15, 0.2) is 41.0 Å². The van der Waals surface area contributed by atoms with E-state index >= 15 is 0 Å². The van der Waals surface area contributed by atoms with Crippen molar-refractivity contribution in [2.75, 3.05) is 5.32 Å². The third-order valence-corrected chi connectivity index (χ3v) is 3.14. The summed E-state index contributed by atoms with van der Waals surface area (Å²) < 4.78 is 0.636. The molecule has 4 nitrogen and oxygen atoms in total. The molecule has 0 amide bonds. The lowest BCUT2D eigenvalue weighted by Crippen LogP contribution is -2.04. The van der Waals surface area contributed by atoms with Crippen LogP contribution in [0.2, 0.25) is 0 Å². The molecule has 0 aliphatic rings. The normalized spacial score (nSPS) is 10.2. The highest BCUT2D eigenvalue weighted by molar-refractivity contribution is 9.10. The summed E-state index contributed by atoms with van der Waals surface area (Å²) in [5.74, 6) is -0.679. The van der Waals surface area contributed by atoms with E-state index in [1.165, 1.54) is 11.6 Å². The molecule has 0 unspecified atom stereocenters. The molecular weight excluding hydrogens is 308 g/mol. The Morgan fingerprint density at radius 3 is 2.63 bits per heavy atom. The Morgan fingerprint density at radius 2 is 2.05 bits per heavy atom. The Bertz CT molecular complexity index is 597. The lowest BCUT2D eigenvalue weighted by molar-refractivity contribution is 0.0697. The molecule has 1 aromatic carbocycles. The second-order valence-electron chi connectivity index (χ2n) is 4.03. The van der Waals surface area contributed by atoms with Crippen LogP contribution in [0.4, 0.5) is 11.5 Å². The summed E-state index contributed by atoms with van der Waals surface area (Å²) in [6.45, 7) is 2.08. The second kappa shape index (κ2) is 5.84. The van der Waals surface area contributed by atoms with E-state index in [4.69, 9.17) is 5.11 Å². The van der Waals surface area contributed by atoms with Gasteiger partial charge in [-0.2, -0.15) is 0 Å². The number of carboxylic acids is 1. The van der Waals surface area contributed by atoms with Gasteiger partial charge in [0.2, 0.25) is 0 Å². The van der Waals surface area contributed by atoms with Crippen LogP contribution in [-0.4, -0.2) is 16.1 Å². The molecule has 1 aromatic heterocycles. The fourth-order valence-electron chi connectivity index (χ4n) is 1.66. The maximum absolute atomic E-state index is 11.2. The van der Waals surface area contributed by atoms with Crippen molar-refractivity contribution in [1.29, 1.82) is 0 Å². The minimum absolute atomic E-state index is 0.133. The zero-order valence-corrected chi connectivity index (χ0v) is 11.9. The number of hydrogen-bond acceptors (Lipinski definition) is 3. The van der Waals surface area contributed by atoms with Crippen LogP contribution in [0.1, 0.15) is 22.8 Å². The minimum atomic E-state index is -1.01. The van der Waals surface area contributed by atoms with Gasteiger partial charge in [0, 0.05) is 16.4 Å². The van der Waals surface area contributed by atoms with E-state index in [9.17, 15) is 4.79 Å². The van der Waals surface area contributed by atoms with Crippen LogP contribution in [0.5, 0.6) is 0 Å². The number of nitrogens with one attached hydrogen (secondary N) is 1. The van der Waals surface area contributed by atoms with E-state index in [1.807, 2.05) is 24.3 Å². The molecule has 0 saturated heterocycles. The molecule has 0 aliphatic carbocycles. The smallest absolute Gasteiger partial charge is 0.339 e. The summed E-state index contributed by atoms with van der Waals surface area (Å²) in [6, 6.07) is 9.35. The molecule has 5 heteroatoms. The van der Waals surface area contributed by atoms with E-state index in [2.05, 4.69) is 33.2 Å². The van der Waals surface area contributed by atoms with Crippen LogP contribution < -0.4 is 5.32 Å². The van der Waals surface area contributed by atoms with Gasteiger partial charge in [0.05, 0.1) is 0 Å². The van der Waals surface area contributed by atoms with Crippen molar-refractivity contribution in [3.8, 4) is 0 Å². The van der Waals surface area contributed by atoms with Crippen molar-refractivity contribution in [3.63, 3.8) is 0 Å². The van der Waals surface area contributed by atoms with E-state index in [1.54, 1.807) is 6.20 Å². The first-order chi connectivity index (χ1) is 9.10. The number of anilines is 2. The first-order valence-corrected chi connectivity index (χ1v) is 6.64. The van der Waals surface area contributed by atoms with Gasteiger partial charge in [-0.05, 0) is 46.1 Å². The number of benzene rings is 1. The quantitative estimate of drug-likeness (QED) is 0.898. The maximum Gasteiger partial charge on any atom is 0.339 e. The summed E-state index contributed by atoms with van der Waals surface area (Å²) in [5.41, 5.74) is 2.18. The van der Waals surface area contributed by atoms with Gasteiger partial charge in [-0.25, -0.2) is 9.78 Å². The molecule has 0 atom stereocenters. The Hall–Kier alpha value is -1.88. The predicted molar refractivity (Wildman–Crippen MR) is 78.0 cm³/mol.